The molecule has 2 aromatic heterocycles. The van der Waals surface area contributed by atoms with Crippen LogP contribution < -0.4 is 10.6 Å². The summed E-state index contributed by atoms with van der Waals surface area (Å²) in [5.74, 6) is -3.98. The van der Waals surface area contributed by atoms with Crippen LogP contribution in [0.15, 0.2) is 90.0 Å². The first-order valence-electron chi connectivity index (χ1n) is 14.4. The molecular weight excluding hydrogens is 648 g/mol. The Balaban J connectivity index is 1.49. The molecule has 0 aliphatic carbocycles. The molecule has 1 aliphatic rings. The van der Waals surface area contributed by atoms with Crippen LogP contribution in [0.5, 0.6) is 0 Å². The Kier molecular flexibility index (Phi) is 9.08. The van der Waals surface area contributed by atoms with Crippen molar-refractivity contribution in [3.63, 3.8) is 0 Å². The Bertz CT molecular complexity index is 1860. The molecule has 0 bridgehead atoms. The van der Waals surface area contributed by atoms with Crippen LogP contribution in [0.2, 0.25) is 0 Å². The van der Waals surface area contributed by atoms with Gasteiger partial charge in [0.25, 0.3) is 0 Å². The van der Waals surface area contributed by atoms with E-state index in [2.05, 4.69) is 20.6 Å². The average Bonchev–Trinajstić information content (AvgIpc) is 3.29. The first-order chi connectivity index (χ1) is 22.0. The molecular formula is C32H30F6N5O3S+. The standard InChI is InChI=1S/C32H29F6N5O3S/c1-20-17-31(34,35)19-43(20,47(45,46)26-12-10-25(33)11-13-26)30(44)40-18-22-15-28(23-6-8-24(9-7-23)32(36,37)38)42-29(16-22)41-21(2)27-5-3-4-14-39-27/h3-16,20-21H,17-19H2,1-2H3,(H-,40,41,42,44)/p+1/t20-,21?,43?/m1/s1. The molecule has 2 N–H and O–H groups in total. The Morgan fingerprint density at radius 1 is 1.04 bits per heavy atom. The van der Waals surface area contributed by atoms with E-state index in [4.69, 9.17) is 0 Å². The number of hydrogen-bond donors (Lipinski definition) is 2. The molecule has 2 amide bonds. The molecule has 1 saturated heterocycles. The molecule has 2 aromatic carbocycles. The molecule has 2 unspecified atom stereocenters. The number of pyridine rings is 2. The fourth-order valence-electron chi connectivity index (χ4n) is 5.62. The number of urea groups is 1. The van der Waals surface area contributed by atoms with Crippen molar-refractivity contribution in [3.8, 4) is 11.3 Å². The van der Waals surface area contributed by atoms with Crippen LogP contribution in [0.4, 0.5) is 37.0 Å². The maximum atomic E-state index is 14.8. The second-order valence-corrected chi connectivity index (χ2v) is 13.5. The minimum atomic E-state index is -4.81. The van der Waals surface area contributed by atoms with Gasteiger partial charge in [-0.2, -0.15) is 21.6 Å². The van der Waals surface area contributed by atoms with Gasteiger partial charge in [-0.05, 0) is 80.1 Å². The van der Waals surface area contributed by atoms with E-state index in [0.717, 1.165) is 36.4 Å². The summed E-state index contributed by atoms with van der Waals surface area (Å²) in [5.41, 5.74) is 0.681. The van der Waals surface area contributed by atoms with Crippen molar-refractivity contribution < 1.29 is 43.4 Å². The number of nitrogens with one attached hydrogen (secondary N) is 2. The number of carbonyl (C=O) groups is 1. The van der Waals surface area contributed by atoms with Crippen molar-refractivity contribution in [2.45, 2.75) is 55.9 Å². The van der Waals surface area contributed by atoms with Crippen LogP contribution in [0.1, 0.15) is 43.1 Å². The van der Waals surface area contributed by atoms with Gasteiger partial charge in [0.1, 0.15) is 22.6 Å². The first-order valence-corrected chi connectivity index (χ1v) is 15.9. The van der Waals surface area contributed by atoms with Gasteiger partial charge in [0.05, 0.1) is 29.4 Å². The second kappa shape index (κ2) is 12.6. The molecule has 5 rings (SSSR count). The predicted octanol–water partition coefficient (Wildman–Crippen LogP) is 7.32. The third-order valence-electron chi connectivity index (χ3n) is 7.99. The Morgan fingerprint density at radius 3 is 2.30 bits per heavy atom. The van der Waals surface area contributed by atoms with Gasteiger partial charge >= 0.3 is 28.2 Å². The van der Waals surface area contributed by atoms with E-state index in [1.165, 1.54) is 31.2 Å². The molecule has 3 atom stereocenters. The fourth-order valence-corrected chi connectivity index (χ4v) is 7.67. The second-order valence-electron chi connectivity index (χ2n) is 11.4. The first kappa shape index (κ1) is 33.9. The Morgan fingerprint density at radius 2 is 1.72 bits per heavy atom. The Labute approximate surface area is 267 Å². The van der Waals surface area contributed by atoms with E-state index in [-0.39, 0.29) is 24.1 Å². The molecule has 47 heavy (non-hydrogen) atoms. The quantitative estimate of drug-likeness (QED) is 0.150. The molecule has 0 spiro atoms. The highest BCUT2D eigenvalue weighted by molar-refractivity contribution is 7.86. The maximum absolute atomic E-state index is 14.8. The summed E-state index contributed by atoms with van der Waals surface area (Å²) in [5, 5.41) is 5.65. The summed E-state index contributed by atoms with van der Waals surface area (Å²) in [7, 11) is -4.81. The zero-order valence-electron chi connectivity index (χ0n) is 25.1. The third kappa shape index (κ3) is 6.95. The lowest BCUT2D eigenvalue weighted by molar-refractivity contribution is -0.738. The minimum Gasteiger partial charge on any atom is -0.362 e. The number of quaternary nitrogens is 1. The molecule has 4 aromatic rings. The van der Waals surface area contributed by atoms with Gasteiger partial charge < -0.3 is 10.6 Å². The maximum Gasteiger partial charge on any atom is 0.432 e. The predicted molar refractivity (Wildman–Crippen MR) is 161 cm³/mol. The van der Waals surface area contributed by atoms with Crippen molar-refractivity contribution in [2.75, 3.05) is 11.9 Å². The van der Waals surface area contributed by atoms with Crippen molar-refractivity contribution in [3.05, 3.63) is 108 Å². The van der Waals surface area contributed by atoms with Crippen LogP contribution in [0, 0.1) is 5.82 Å². The van der Waals surface area contributed by atoms with Crippen molar-refractivity contribution in [1.29, 1.82) is 0 Å². The van der Waals surface area contributed by atoms with Gasteiger partial charge in [-0.1, -0.05) is 18.2 Å². The van der Waals surface area contributed by atoms with E-state index in [1.807, 2.05) is 0 Å². The smallest absolute Gasteiger partial charge is 0.362 e. The largest absolute Gasteiger partial charge is 0.432 e. The van der Waals surface area contributed by atoms with E-state index < -0.39 is 67.3 Å². The zero-order chi connectivity index (χ0) is 34.2. The number of halogens is 6. The highest BCUT2D eigenvalue weighted by Crippen LogP contribution is 2.43. The minimum absolute atomic E-state index is 0.227. The number of nitrogens with zero attached hydrogens (tertiary/aromatic N) is 3. The number of anilines is 1. The van der Waals surface area contributed by atoms with Crippen molar-refractivity contribution in [2.24, 2.45) is 0 Å². The van der Waals surface area contributed by atoms with Gasteiger partial charge in [-0.15, -0.1) is 3.89 Å². The van der Waals surface area contributed by atoms with E-state index in [9.17, 15) is 39.6 Å². The lowest BCUT2D eigenvalue weighted by Gasteiger charge is -2.33. The molecule has 8 nitrogen and oxygen atoms in total. The summed E-state index contributed by atoms with van der Waals surface area (Å²) in [6, 6.07) is 13.2. The monoisotopic (exact) mass is 678 g/mol. The SMILES string of the molecule is CC(Nc1cc(CNC(=O)[N+]2(S(=O)(=O)c3ccc(F)cc3)CC(F)(F)C[C@H]2C)cc(-c2ccc(C(F)(F)F)cc2)n1)c1ccccn1. The van der Waals surface area contributed by atoms with Gasteiger partial charge in [0.15, 0.2) is 6.54 Å². The number of amides is 2. The van der Waals surface area contributed by atoms with Gasteiger partial charge in [0.2, 0.25) is 0 Å². The van der Waals surface area contributed by atoms with Crippen LogP contribution in [-0.4, -0.2) is 46.8 Å². The molecule has 0 radical (unpaired) electrons. The molecule has 15 heteroatoms. The lowest BCUT2D eigenvalue weighted by Crippen LogP contribution is -2.62. The molecule has 248 valence electrons. The molecule has 0 saturated carbocycles. The van der Waals surface area contributed by atoms with E-state index >= 15 is 0 Å². The number of benzene rings is 2. The van der Waals surface area contributed by atoms with Crippen LogP contribution in [-0.2, 0) is 22.7 Å². The number of sulfonamides is 1. The molecule has 3 heterocycles. The van der Waals surface area contributed by atoms with Crippen LogP contribution >= 0.6 is 0 Å². The van der Waals surface area contributed by atoms with Crippen molar-refractivity contribution in [1.82, 2.24) is 15.3 Å². The summed E-state index contributed by atoms with van der Waals surface area (Å²) in [6.45, 7) is 1.36. The van der Waals surface area contributed by atoms with E-state index in [0.29, 0.717) is 16.8 Å². The van der Waals surface area contributed by atoms with Crippen LogP contribution in [0.25, 0.3) is 11.3 Å². The summed E-state index contributed by atoms with van der Waals surface area (Å²) < 4.78 is 109. The van der Waals surface area contributed by atoms with Gasteiger partial charge in [-0.25, -0.2) is 22.9 Å². The highest BCUT2D eigenvalue weighted by atomic mass is 32.2. The number of rotatable bonds is 8. The zero-order valence-corrected chi connectivity index (χ0v) is 25.9. The summed E-state index contributed by atoms with van der Waals surface area (Å²) in [4.78, 5) is 22.1. The van der Waals surface area contributed by atoms with Crippen molar-refractivity contribution >= 4 is 21.9 Å². The normalized spacial score (nSPS) is 20.0. The number of likely N-dealkylation sites (tertiary alicyclic amines) is 1. The number of carbonyl (C=O) groups excluding carboxylic acids is 1. The number of aromatic nitrogens is 2. The number of alkyl halides is 5. The average molecular weight is 679 g/mol. The highest BCUT2D eigenvalue weighted by Gasteiger charge is 2.66. The third-order valence-corrected chi connectivity index (χ3v) is 10.4. The fraction of sp³-hybridized carbons (Fsp3) is 0.281. The molecule has 1 aliphatic heterocycles. The summed E-state index contributed by atoms with van der Waals surface area (Å²) in [6.07, 6.45) is -3.84. The molecule has 1 fully saturated rings. The van der Waals surface area contributed by atoms with Gasteiger partial charge in [0, 0.05) is 18.3 Å². The topological polar surface area (TPSA) is 101 Å². The van der Waals surface area contributed by atoms with Gasteiger partial charge in [-0.3, -0.25) is 4.98 Å². The van der Waals surface area contributed by atoms with E-state index in [1.54, 1.807) is 31.3 Å². The lowest BCUT2D eigenvalue weighted by atomic mass is 10.1. The number of hydrogen-bond acceptors (Lipinski definition) is 6. The summed E-state index contributed by atoms with van der Waals surface area (Å²) >= 11 is 0. The van der Waals surface area contributed by atoms with Crippen LogP contribution in [0.3, 0.4) is 0 Å². The Hall–Kier alpha value is -4.50.